The monoisotopic (exact) mass is 241 g/mol. The predicted molar refractivity (Wildman–Crippen MR) is 75.1 cm³/mol. The van der Waals surface area contributed by atoms with Gasteiger partial charge in [-0.2, -0.15) is 0 Å². The van der Waals surface area contributed by atoms with Crippen LogP contribution in [0, 0.1) is 0 Å². The lowest BCUT2D eigenvalue weighted by molar-refractivity contribution is 0.114. The molecule has 1 heterocycles. The van der Waals surface area contributed by atoms with Crippen molar-refractivity contribution in [2.75, 3.05) is 20.1 Å². The fraction of sp³-hybridized carbons (Fsp3) is 0.375. The summed E-state index contributed by atoms with van der Waals surface area (Å²) in [6.07, 6.45) is 2.63. The molecule has 2 aromatic carbocycles. The second kappa shape index (κ2) is 4.99. The van der Waals surface area contributed by atoms with Crippen LogP contribution in [0.5, 0.6) is 5.75 Å². The van der Waals surface area contributed by atoms with Crippen molar-refractivity contribution >= 4 is 10.8 Å². The van der Waals surface area contributed by atoms with Crippen LogP contribution in [0.4, 0.5) is 0 Å². The summed E-state index contributed by atoms with van der Waals surface area (Å²) in [6, 6.07) is 14.8. The maximum absolute atomic E-state index is 6.09. The highest BCUT2D eigenvalue weighted by Gasteiger charge is 2.17. The molecule has 0 spiro atoms. The molecule has 0 N–H and O–H groups in total. The van der Waals surface area contributed by atoms with Gasteiger partial charge in [-0.25, -0.2) is 0 Å². The number of fused-ring (bicyclic) bond motifs is 1. The number of hydrogen-bond donors (Lipinski definition) is 0. The minimum absolute atomic E-state index is 0.377. The first-order valence-electron chi connectivity index (χ1n) is 6.65. The molecule has 0 radical (unpaired) electrons. The fourth-order valence-electron chi connectivity index (χ4n) is 2.54. The Bertz CT molecular complexity index is 529. The topological polar surface area (TPSA) is 12.5 Å². The highest BCUT2D eigenvalue weighted by molar-refractivity contribution is 5.83. The highest BCUT2D eigenvalue weighted by atomic mass is 16.5. The Labute approximate surface area is 108 Å². The number of hydrogen-bond acceptors (Lipinski definition) is 2. The average Bonchev–Trinajstić information content (AvgIpc) is 2.41. The van der Waals surface area contributed by atoms with Gasteiger partial charge in [-0.3, -0.25) is 0 Å². The summed E-state index contributed by atoms with van der Waals surface area (Å²) in [4.78, 5) is 2.36. The summed E-state index contributed by atoms with van der Waals surface area (Å²) in [5.74, 6) is 1.00. The van der Waals surface area contributed by atoms with E-state index in [-0.39, 0.29) is 0 Å². The Balaban J connectivity index is 1.74. The number of nitrogens with zero attached hydrogens (tertiary/aromatic N) is 1. The van der Waals surface area contributed by atoms with E-state index in [1.165, 1.54) is 10.8 Å². The van der Waals surface area contributed by atoms with Crippen molar-refractivity contribution in [3.05, 3.63) is 42.5 Å². The maximum Gasteiger partial charge on any atom is 0.120 e. The molecule has 3 rings (SSSR count). The van der Waals surface area contributed by atoms with Crippen molar-refractivity contribution in [2.24, 2.45) is 0 Å². The molecule has 2 heteroatoms. The van der Waals surface area contributed by atoms with E-state index < -0.39 is 0 Å². The van der Waals surface area contributed by atoms with Crippen LogP contribution in [-0.2, 0) is 0 Å². The molecule has 0 amide bonds. The van der Waals surface area contributed by atoms with Crippen LogP contribution in [-0.4, -0.2) is 31.1 Å². The van der Waals surface area contributed by atoms with Gasteiger partial charge in [-0.1, -0.05) is 30.3 Å². The van der Waals surface area contributed by atoms with E-state index in [1.54, 1.807) is 0 Å². The predicted octanol–water partition coefficient (Wildman–Crippen LogP) is 3.31. The zero-order chi connectivity index (χ0) is 12.4. The van der Waals surface area contributed by atoms with E-state index in [9.17, 15) is 0 Å². The van der Waals surface area contributed by atoms with E-state index >= 15 is 0 Å². The fourth-order valence-corrected chi connectivity index (χ4v) is 2.54. The SMILES string of the molecule is CN1CCC(Oc2ccc3ccccc3c2)CC1. The Morgan fingerprint density at radius 2 is 1.72 bits per heavy atom. The van der Waals surface area contributed by atoms with Crippen LogP contribution in [0.3, 0.4) is 0 Å². The van der Waals surface area contributed by atoms with Crippen molar-refractivity contribution in [3.8, 4) is 5.75 Å². The Morgan fingerprint density at radius 3 is 2.50 bits per heavy atom. The molecule has 1 aliphatic rings. The molecular formula is C16H19NO. The average molecular weight is 241 g/mol. The van der Waals surface area contributed by atoms with Crippen molar-refractivity contribution in [2.45, 2.75) is 18.9 Å². The summed E-state index contributed by atoms with van der Waals surface area (Å²) in [6.45, 7) is 2.27. The molecule has 94 valence electrons. The molecule has 18 heavy (non-hydrogen) atoms. The Morgan fingerprint density at radius 1 is 1.00 bits per heavy atom. The van der Waals surface area contributed by atoms with Gasteiger partial charge in [0.2, 0.25) is 0 Å². The smallest absolute Gasteiger partial charge is 0.120 e. The summed E-state index contributed by atoms with van der Waals surface area (Å²) >= 11 is 0. The van der Waals surface area contributed by atoms with Crippen molar-refractivity contribution in [1.29, 1.82) is 0 Å². The van der Waals surface area contributed by atoms with Gasteiger partial charge in [0.25, 0.3) is 0 Å². The molecule has 2 nitrogen and oxygen atoms in total. The standard InChI is InChI=1S/C16H19NO/c1-17-10-8-15(9-11-17)18-16-7-6-13-4-2-3-5-14(13)12-16/h2-7,12,15H,8-11H2,1H3. The lowest BCUT2D eigenvalue weighted by Gasteiger charge is -2.29. The van der Waals surface area contributed by atoms with E-state index in [2.05, 4.69) is 54.4 Å². The van der Waals surface area contributed by atoms with Crippen LogP contribution in [0.1, 0.15) is 12.8 Å². The van der Waals surface area contributed by atoms with E-state index in [4.69, 9.17) is 4.74 Å². The van der Waals surface area contributed by atoms with Crippen molar-refractivity contribution in [1.82, 2.24) is 4.90 Å². The number of likely N-dealkylation sites (tertiary alicyclic amines) is 1. The molecule has 0 aliphatic carbocycles. The van der Waals surface area contributed by atoms with Crippen LogP contribution in [0.15, 0.2) is 42.5 Å². The molecule has 0 unspecified atom stereocenters. The Hall–Kier alpha value is -1.54. The van der Waals surface area contributed by atoms with Gasteiger partial charge in [0.15, 0.2) is 0 Å². The molecular weight excluding hydrogens is 222 g/mol. The number of rotatable bonds is 2. The number of benzene rings is 2. The third-order valence-electron chi connectivity index (χ3n) is 3.69. The van der Waals surface area contributed by atoms with Crippen molar-refractivity contribution in [3.63, 3.8) is 0 Å². The van der Waals surface area contributed by atoms with Crippen LogP contribution >= 0.6 is 0 Å². The third-order valence-corrected chi connectivity index (χ3v) is 3.69. The molecule has 2 aromatic rings. The molecule has 0 saturated carbocycles. The molecule has 1 aliphatic heterocycles. The molecule has 0 bridgehead atoms. The number of ether oxygens (including phenoxy) is 1. The maximum atomic E-state index is 6.09. The number of piperidine rings is 1. The van der Waals surface area contributed by atoms with Gasteiger partial charge in [0, 0.05) is 13.1 Å². The minimum Gasteiger partial charge on any atom is -0.490 e. The summed E-state index contributed by atoms with van der Waals surface area (Å²) < 4.78 is 6.09. The van der Waals surface area contributed by atoms with E-state index in [0.29, 0.717) is 6.10 Å². The lowest BCUT2D eigenvalue weighted by Crippen LogP contribution is -2.35. The first kappa shape index (κ1) is 11.5. The summed E-state index contributed by atoms with van der Waals surface area (Å²) in [5, 5.41) is 2.52. The highest BCUT2D eigenvalue weighted by Crippen LogP contribution is 2.23. The minimum atomic E-state index is 0.377. The largest absolute Gasteiger partial charge is 0.490 e. The molecule has 1 saturated heterocycles. The second-order valence-corrected chi connectivity index (χ2v) is 5.13. The van der Waals surface area contributed by atoms with Gasteiger partial charge in [-0.15, -0.1) is 0 Å². The zero-order valence-corrected chi connectivity index (χ0v) is 10.8. The summed E-state index contributed by atoms with van der Waals surface area (Å²) in [5.41, 5.74) is 0. The Kier molecular flexibility index (Phi) is 3.20. The van der Waals surface area contributed by atoms with Gasteiger partial charge in [0.05, 0.1) is 0 Å². The van der Waals surface area contributed by atoms with Gasteiger partial charge < -0.3 is 9.64 Å². The quantitative estimate of drug-likeness (QED) is 0.799. The summed E-state index contributed by atoms with van der Waals surface area (Å²) in [7, 11) is 2.17. The van der Waals surface area contributed by atoms with Crippen LogP contribution < -0.4 is 4.74 Å². The van der Waals surface area contributed by atoms with E-state index in [0.717, 1.165) is 31.7 Å². The lowest BCUT2D eigenvalue weighted by atomic mass is 10.1. The normalized spacial score (nSPS) is 18.1. The molecule has 0 aromatic heterocycles. The van der Waals surface area contributed by atoms with E-state index in [1.807, 2.05) is 0 Å². The van der Waals surface area contributed by atoms with Gasteiger partial charge >= 0.3 is 0 Å². The van der Waals surface area contributed by atoms with Crippen molar-refractivity contribution < 1.29 is 4.74 Å². The first-order chi connectivity index (χ1) is 8.81. The zero-order valence-electron chi connectivity index (χ0n) is 10.8. The molecule has 1 fully saturated rings. The van der Waals surface area contributed by atoms with Crippen LogP contribution in [0.25, 0.3) is 10.8 Å². The first-order valence-corrected chi connectivity index (χ1v) is 6.65. The van der Waals surface area contributed by atoms with Crippen LogP contribution in [0.2, 0.25) is 0 Å². The second-order valence-electron chi connectivity index (χ2n) is 5.13. The van der Waals surface area contributed by atoms with Gasteiger partial charge in [-0.05, 0) is 42.8 Å². The van der Waals surface area contributed by atoms with Gasteiger partial charge in [0.1, 0.15) is 11.9 Å². The molecule has 0 atom stereocenters. The third kappa shape index (κ3) is 2.49.